The van der Waals surface area contributed by atoms with Crippen molar-refractivity contribution in [2.45, 2.75) is 38.7 Å². The van der Waals surface area contributed by atoms with Gasteiger partial charge in [-0.25, -0.2) is 9.97 Å². The number of aryl methyl sites for hydroxylation is 1. The van der Waals surface area contributed by atoms with E-state index in [0.717, 1.165) is 47.0 Å². The number of aromatic nitrogens is 3. The van der Waals surface area contributed by atoms with Gasteiger partial charge in [0.25, 0.3) is 0 Å². The molecule has 2 N–H and O–H groups in total. The fourth-order valence-electron chi connectivity index (χ4n) is 4.24. The Morgan fingerprint density at radius 1 is 1.12 bits per heavy atom. The molecule has 2 aromatic heterocycles. The topological polar surface area (TPSA) is 83.4 Å². The van der Waals surface area contributed by atoms with E-state index in [2.05, 4.69) is 15.2 Å². The largest absolute Gasteiger partial charge is 0.497 e. The Bertz CT molecular complexity index is 1040. The lowest BCUT2D eigenvalue weighted by molar-refractivity contribution is 0.176. The molecular weight excluding hydrogens is 414 g/mol. The zero-order valence-electron chi connectivity index (χ0n) is 19.5. The lowest BCUT2D eigenvalue weighted by atomic mass is 10.0. The molecule has 3 aromatic rings. The Hall–Kier alpha value is -3.03. The molecule has 3 heterocycles. The van der Waals surface area contributed by atoms with Crippen molar-refractivity contribution in [3.63, 3.8) is 0 Å². The second kappa shape index (κ2) is 11.2. The zero-order chi connectivity index (χ0) is 23.0. The van der Waals surface area contributed by atoms with Gasteiger partial charge in [0.15, 0.2) is 5.82 Å². The van der Waals surface area contributed by atoms with Crippen molar-refractivity contribution in [1.82, 2.24) is 19.9 Å². The third-order valence-corrected chi connectivity index (χ3v) is 5.98. The zero-order valence-corrected chi connectivity index (χ0v) is 19.5. The predicted octanol–water partition coefficient (Wildman–Crippen LogP) is 4.03. The second-order valence-electron chi connectivity index (χ2n) is 8.64. The first-order chi connectivity index (χ1) is 16.1. The number of anilines is 1. The van der Waals surface area contributed by atoms with Gasteiger partial charge in [-0.15, -0.1) is 0 Å². The van der Waals surface area contributed by atoms with Crippen molar-refractivity contribution in [3.8, 4) is 17.1 Å². The molecular formula is C26H33N5O2. The molecule has 33 heavy (non-hydrogen) atoms. The molecule has 1 aliphatic heterocycles. The van der Waals surface area contributed by atoms with E-state index in [9.17, 15) is 5.11 Å². The van der Waals surface area contributed by atoms with Crippen molar-refractivity contribution in [1.29, 1.82) is 0 Å². The predicted molar refractivity (Wildman–Crippen MR) is 130 cm³/mol. The Morgan fingerprint density at radius 3 is 2.73 bits per heavy atom. The maximum Gasteiger partial charge on any atom is 0.163 e. The van der Waals surface area contributed by atoms with Crippen LogP contribution in [0.25, 0.3) is 11.4 Å². The van der Waals surface area contributed by atoms with E-state index in [1.165, 1.54) is 32.4 Å². The number of ether oxygens (including phenoxy) is 1. The van der Waals surface area contributed by atoms with Gasteiger partial charge in [-0.3, -0.25) is 4.98 Å². The molecule has 0 saturated carbocycles. The van der Waals surface area contributed by atoms with Gasteiger partial charge >= 0.3 is 0 Å². The minimum atomic E-state index is -0.698. The number of hydrogen-bond donors (Lipinski definition) is 2. The van der Waals surface area contributed by atoms with Crippen LogP contribution in [0.1, 0.15) is 42.2 Å². The van der Waals surface area contributed by atoms with Crippen molar-refractivity contribution >= 4 is 5.82 Å². The first kappa shape index (κ1) is 23.1. The molecule has 1 saturated heterocycles. The number of methoxy groups -OCH3 is 1. The molecule has 4 rings (SSSR count). The third kappa shape index (κ3) is 6.49. The van der Waals surface area contributed by atoms with Gasteiger partial charge in [-0.2, -0.15) is 0 Å². The summed E-state index contributed by atoms with van der Waals surface area (Å²) in [5.74, 6) is 2.11. The standard InChI is InChI=1S/C26H33N5O2/c1-19-13-21(15-23(14-19)33-2)24(32)16-22-17-25(28-9-12-31-10-4-3-5-11-31)30-26(29-22)20-7-6-8-27-18-20/h6-8,13-15,17-18,24,32H,3-5,9-12,16H2,1-2H3,(H,28,29,30). The number of pyridine rings is 1. The average molecular weight is 448 g/mol. The molecule has 0 bridgehead atoms. The SMILES string of the molecule is COc1cc(C)cc(C(O)Cc2cc(NCCN3CCCCC3)nc(-c3cccnc3)n2)c1. The van der Waals surface area contributed by atoms with E-state index < -0.39 is 6.10 Å². The summed E-state index contributed by atoms with van der Waals surface area (Å²) in [4.78, 5) is 16.2. The van der Waals surface area contributed by atoms with E-state index in [1.54, 1.807) is 19.5 Å². The first-order valence-corrected chi connectivity index (χ1v) is 11.7. The maximum atomic E-state index is 11.0. The Kier molecular flexibility index (Phi) is 7.86. The van der Waals surface area contributed by atoms with E-state index in [-0.39, 0.29) is 0 Å². The summed E-state index contributed by atoms with van der Waals surface area (Å²) >= 11 is 0. The van der Waals surface area contributed by atoms with E-state index >= 15 is 0 Å². The number of piperidine rings is 1. The van der Waals surface area contributed by atoms with Gasteiger partial charge in [-0.05, 0) is 68.2 Å². The first-order valence-electron chi connectivity index (χ1n) is 11.7. The van der Waals surface area contributed by atoms with E-state index in [1.807, 2.05) is 43.3 Å². The molecule has 7 heteroatoms. The summed E-state index contributed by atoms with van der Waals surface area (Å²) in [5.41, 5.74) is 3.48. The highest BCUT2D eigenvalue weighted by Crippen LogP contribution is 2.26. The van der Waals surface area contributed by atoms with Gasteiger partial charge in [0.05, 0.1) is 13.2 Å². The number of nitrogens with one attached hydrogen (secondary N) is 1. The van der Waals surface area contributed by atoms with Crippen LogP contribution < -0.4 is 10.1 Å². The Balaban J connectivity index is 1.53. The summed E-state index contributed by atoms with van der Waals surface area (Å²) in [6, 6.07) is 11.6. The summed E-state index contributed by atoms with van der Waals surface area (Å²) in [5, 5.41) is 14.4. The van der Waals surface area contributed by atoms with Crippen LogP contribution in [0.5, 0.6) is 5.75 Å². The molecule has 1 aromatic carbocycles. The van der Waals surface area contributed by atoms with Gasteiger partial charge < -0.3 is 20.1 Å². The molecule has 174 valence electrons. The number of likely N-dealkylation sites (tertiary alicyclic amines) is 1. The smallest absolute Gasteiger partial charge is 0.163 e. The second-order valence-corrected chi connectivity index (χ2v) is 8.64. The van der Waals surface area contributed by atoms with Crippen LogP contribution in [0.2, 0.25) is 0 Å². The number of benzene rings is 1. The van der Waals surface area contributed by atoms with Crippen LogP contribution in [-0.4, -0.2) is 58.2 Å². The number of hydrogen-bond acceptors (Lipinski definition) is 7. The van der Waals surface area contributed by atoms with Crippen LogP contribution in [-0.2, 0) is 6.42 Å². The van der Waals surface area contributed by atoms with E-state index in [4.69, 9.17) is 14.7 Å². The summed E-state index contributed by atoms with van der Waals surface area (Å²) in [6.45, 7) is 6.15. The third-order valence-electron chi connectivity index (χ3n) is 5.98. The number of rotatable bonds is 9. The molecule has 1 unspecified atom stereocenters. The Morgan fingerprint density at radius 2 is 1.97 bits per heavy atom. The monoisotopic (exact) mass is 447 g/mol. The molecule has 0 spiro atoms. The minimum absolute atomic E-state index is 0.378. The minimum Gasteiger partial charge on any atom is -0.497 e. The van der Waals surface area contributed by atoms with Crippen LogP contribution in [0, 0.1) is 6.92 Å². The van der Waals surface area contributed by atoms with Crippen molar-refractivity contribution in [2.75, 3.05) is 38.6 Å². The molecule has 7 nitrogen and oxygen atoms in total. The fraction of sp³-hybridized carbons (Fsp3) is 0.423. The quantitative estimate of drug-likeness (QED) is 0.512. The lowest BCUT2D eigenvalue weighted by Crippen LogP contribution is -2.33. The molecule has 1 fully saturated rings. The molecule has 0 amide bonds. The number of aliphatic hydroxyl groups excluding tert-OH is 1. The number of aliphatic hydroxyl groups is 1. The average Bonchev–Trinajstić information content (AvgIpc) is 2.84. The Labute approximate surface area is 195 Å². The number of nitrogens with zero attached hydrogens (tertiary/aromatic N) is 4. The highest BCUT2D eigenvalue weighted by atomic mass is 16.5. The van der Waals surface area contributed by atoms with Crippen LogP contribution in [0.4, 0.5) is 5.82 Å². The molecule has 1 atom stereocenters. The van der Waals surface area contributed by atoms with Gasteiger partial charge in [0, 0.05) is 49.2 Å². The van der Waals surface area contributed by atoms with Gasteiger partial charge in [-0.1, -0.05) is 12.5 Å². The highest BCUT2D eigenvalue weighted by Gasteiger charge is 2.15. The van der Waals surface area contributed by atoms with Crippen molar-refractivity contribution < 1.29 is 9.84 Å². The van der Waals surface area contributed by atoms with Crippen LogP contribution in [0.3, 0.4) is 0 Å². The highest BCUT2D eigenvalue weighted by molar-refractivity contribution is 5.56. The summed E-state index contributed by atoms with van der Waals surface area (Å²) in [6.07, 6.45) is 7.08. The van der Waals surface area contributed by atoms with Crippen LogP contribution in [0.15, 0.2) is 48.8 Å². The fourth-order valence-corrected chi connectivity index (χ4v) is 4.24. The summed E-state index contributed by atoms with van der Waals surface area (Å²) in [7, 11) is 1.64. The van der Waals surface area contributed by atoms with E-state index in [0.29, 0.717) is 12.2 Å². The molecule has 0 radical (unpaired) electrons. The van der Waals surface area contributed by atoms with Gasteiger partial charge in [0.1, 0.15) is 11.6 Å². The van der Waals surface area contributed by atoms with Crippen LogP contribution >= 0.6 is 0 Å². The normalized spacial score (nSPS) is 15.2. The van der Waals surface area contributed by atoms with Gasteiger partial charge in [0.2, 0.25) is 0 Å². The van der Waals surface area contributed by atoms with Crippen molar-refractivity contribution in [2.24, 2.45) is 0 Å². The maximum absolute atomic E-state index is 11.0. The molecule has 1 aliphatic rings. The lowest BCUT2D eigenvalue weighted by Gasteiger charge is -2.26. The molecule has 0 aliphatic carbocycles. The van der Waals surface area contributed by atoms with Crippen molar-refractivity contribution in [3.05, 3.63) is 65.6 Å². The summed E-state index contributed by atoms with van der Waals surface area (Å²) < 4.78 is 5.37.